The summed E-state index contributed by atoms with van der Waals surface area (Å²) in [5, 5.41) is 0. The maximum absolute atomic E-state index is 13.2. The van der Waals surface area contributed by atoms with Crippen LogP contribution in [0.2, 0.25) is 0 Å². The zero-order valence-corrected chi connectivity index (χ0v) is 18.6. The van der Waals surface area contributed by atoms with E-state index >= 15 is 0 Å². The third-order valence-electron chi connectivity index (χ3n) is 4.60. The second-order valence-electron chi connectivity index (χ2n) is 6.47. The standard InChI is InChI=1S/C24H22FNS.C2H6.H2O/c1-3-15-26-23(4-2)21(9-6-10-24(26)27)17-18-7-5-8-20(16-18)19-11-13-22(25)14-12-19;1-2;/h3,5,7-8,11-14,16-17H,1-2,6,9-10,15H2;1-2H3;1H2/b21-17+;;. The van der Waals surface area contributed by atoms with Gasteiger partial charge in [0.1, 0.15) is 5.82 Å². The van der Waals surface area contributed by atoms with Gasteiger partial charge in [-0.25, -0.2) is 4.39 Å². The Balaban J connectivity index is 0.00000146. The fraction of sp³-hybridized carbons (Fsp3) is 0.231. The summed E-state index contributed by atoms with van der Waals surface area (Å²) in [6, 6.07) is 14.8. The van der Waals surface area contributed by atoms with Crippen molar-refractivity contribution < 1.29 is 9.87 Å². The van der Waals surface area contributed by atoms with Crippen LogP contribution in [-0.2, 0) is 0 Å². The largest absolute Gasteiger partial charge is 0.412 e. The van der Waals surface area contributed by atoms with E-state index in [2.05, 4.69) is 42.0 Å². The molecule has 2 nitrogen and oxygen atoms in total. The molecule has 0 spiro atoms. The van der Waals surface area contributed by atoms with Crippen molar-refractivity contribution >= 4 is 23.3 Å². The molecule has 4 heteroatoms. The Morgan fingerprint density at radius 2 is 1.80 bits per heavy atom. The Hall–Kier alpha value is -2.78. The van der Waals surface area contributed by atoms with Gasteiger partial charge in [0.2, 0.25) is 0 Å². The Morgan fingerprint density at radius 1 is 1.10 bits per heavy atom. The molecule has 1 fully saturated rings. The third kappa shape index (κ3) is 6.36. The smallest absolute Gasteiger partial charge is 0.123 e. The molecule has 0 amide bonds. The van der Waals surface area contributed by atoms with Crippen LogP contribution in [0.4, 0.5) is 4.39 Å². The molecule has 3 rings (SSSR count). The third-order valence-corrected chi connectivity index (χ3v) is 5.02. The summed E-state index contributed by atoms with van der Waals surface area (Å²) in [6.45, 7) is 12.4. The maximum Gasteiger partial charge on any atom is 0.123 e. The van der Waals surface area contributed by atoms with Crippen LogP contribution in [0.15, 0.2) is 84.8 Å². The first-order valence-corrected chi connectivity index (χ1v) is 10.4. The zero-order chi connectivity index (χ0) is 21.2. The van der Waals surface area contributed by atoms with E-state index in [1.54, 1.807) is 12.1 Å². The van der Waals surface area contributed by atoms with E-state index in [0.717, 1.165) is 46.6 Å². The van der Waals surface area contributed by atoms with Crippen LogP contribution < -0.4 is 0 Å². The van der Waals surface area contributed by atoms with Gasteiger partial charge in [-0.05, 0) is 65.8 Å². The van der Waals surface area contributed by atoms with Crippen molar-refractivity contribution in [3.8, 4) is 11.1 Å². The molecule has 0 saturated carbocycles. The number of likely N-dealkylation sites (tertiary alicyclic amines) is 1. The van der Waals surface area contributed by atoms with E-state index in [9.17, 15) is 4.39 Å². The highest BCUT2D eigenvalue weighted by Gasteiger charge is 2.20. The van der Waals surface area contributed by atoms with Crippen molar-refractivity contribution in [2.75, 3.05) is 6.54 Å². The van der Waals surface area contributed by atoms with E-state index in [1.165, 1.54) is 17.7 Å². The molecule has 0 aliphatic carbocycles. The van der Waals surface area contributed by atoms with Crippen molar-refractivity contribution in [2.24, 2.45) is 0 Å². The van der Waals surface area contributed by atoms with Crippen molar-refractivity contribution in [2.45, 2.75) is 33.1 Å². The van der Waals surface area contributed by atoms with E-state index < -0.39 is 0 Å². The highest BCUT2D eigenvalue weighted by atomic mass is 32.1. The van der Waals surface area contributed by atoms with Crippen LogP contribution in [0.1, 0.15) is 38.7 Å². The first-order valence-electron chi connectivity index (χ1n) is 10.0. The number of nitrogens with zero attached hydrogens (tertiary/aromatic N) is 1. The molecule has 0 aromatic heterocycles. The fourth-order valence-corrected chi connectivity index (χ4v) is 3.61. The van der Waals surface area contributed by atoms with Crippen LogP contribution in [0.3, 0.4) is 0 Å². The van der Waals surface area contributed by atoms with Gasteiger partial charge in [0.15, 0.2) is 0 Å². The van der Waals surface area contributed by atoms with Gasteiger partial charge in [-0.1, -0.05) is 69.1 Å². The normalized spacial score (nSPS) is 14.8. The minimum Gasteiger partial charge on any atom is -0.412 e. The van der Waals surface area contributed by atoms with Crippen LogP contribution in [0.5, 0.6) is 0 Å². The van der Waals surface area contributed by atoms with Crippen LogP contribution >= 0.6 is 12.2 Å². The summed E-state index contributed by atoms with van der Waals surface area (Å²) in [7, 11) is 0. The summed E-state index contributed by atoms with van der Waals surface area (Å²) in [6.07, 6.45) is 6.82. The maximum atomic E-state index is 13.2. The number of halogens is 1. The molecule has 1 heterocycles. The second-order valence-corrected chi connectivity index (χ2v) is 6.95. The number of benzene rings is 2. The molecule has 0 bridgehead atoms. The molecule has 0 atom stereocenters. The van der Waals surface area contributed by atoms with Gasteiger partial charge in [0.05, 0.1) is 10.7 Å². The molecule has 0 unspecified atom stereocenters. The summed E-state index contributed by atoms with van der Waals surface area (Å²) in [5.74, 6) is -0.227. The van der Waals surface area contributed by atoms with Gasteiger partial charge < -0.3 is 10.4 Å². The molecule has 2 aromatic rings. The Kier molecular flexibility index (Phi) is 10.7. The minimum absolute atomic E-state index is 0. The van der Waals surface area contributed by atoms with Gasteiger partial charge in [0.25, 0.3) is 0 Å². The van der Waals surface area contributed by atoms with Crippen LogP contribution in [-0.4, -0.2) is 21.9 Å². The Morgan fingerprint density at radius 3 is 2.43 bits per heavy atom. The van der Waals surface area contributed by atoms with E-state index in [1.807, 2.05) is 32.1 Å². The van der Waals surface area contributed by atoms with Crippen molar-refractivity contribution in [3.05, 3.63) is 96.1 Å². The lowest BCUT2D eigenvalue weighted by molar-refractivity contribution is 0.588. The van der Waals surface area contributed by atoms with Gasteiger partial charge in [-0.15, -0.1) is 12.3 Å². The lowest BCUT2D eigenvalue weighted by atomic mass is 9.99. The van der Waals surface area contributed by atoms with E-state index in [0.29, 0.717) is 6.54 Å². The number of hydrogen-bond acceptors (Lipinski definition) is 1. The number of thiocarbonyl (C=S) groups is 1. The van der Waals surface area contributed by atoms with Gasteiger partial charge in [-0.3, -0.25) is 0 Å². The van der Waals surface area contributed by atoms with Gasteiger partial charge >= 0.3 is 0 Å². The summed E-state index contributed by atoms with van der Waals surface area (Å²) < 4.78 is 13.2. The lowest BCUT2D eigenvalue weighted by Crippen LogP contribution is -2.27. The lowest BCUT2D eigenvalue weighted by Gasteiger charge is -2.24. The molecule has 2 N–H and O–H groups in total. The topological polar surface area (TPSA) is 34.7 Å². The number of hydrogen-bond donors (Lipinski definition) is 0. The van der Waals surface area contributed by atoms with Gasteiger partial charge in [0, 0.05) is 6.54 Å². The van der Waals surface area contributed by atoms with E-state index in [-0.39, 0.29) is 11.3 Å². The highest BCUT2D eigenvalue weighted by molar-refractivity contribution is 7.80. The SMILES string of the molecule is C=C=C1/C(=C/c2cccc(-c3ccc(F)cc3)c2)CCCC(=S)N1CC=C.CC.O. The first kappa shape index (κ1) is 25.3. The zero-order valence-electron chi connectivity index (χ0n) is 17.7. The Labute approximate surface area is 185 Å². The predicted molar refractivity (Wildman–Crippen MR) is 131 cm³/mol. The van der Waals surface area contributed by atoms with Crippen molar-refractivity contribution in [3.63, 3.8) is 0 Å². The number of allylic oxidation sites excluding steroid dienone is 1. The predicted octanol–water partition coefficient (Wildman–Crippen LogP) is 6.75. The van der Waals surface area contributed by atoms with Crippen molar-refractivity contribution in [1.29, 1.82) is 0 Å². The molecule has 1 aliphatic rings. The summed E-state index contributed by atoms with van der Waals surface area (Å²) >= 11 is 5.57. The van der Waals surface area contributed by atoms with E-state index in [4.69, 9.17) is 12.2 Å². The highest BCUT2D eigenvalue weighted by Crippen LogP contribution is 2.29. The molecule has 0 radical (unpaired) electrons. The molecular formula is C26H30FNOS. The second kappa shape index (κ2) is 12.7. The minimum atomic E-state index is -0.227. The van der Waals surface area contributed by atoms with Crippen molar-refractivity contribution in [1.82, 2.24) is 4.90 Å². The van der Waals surface area contributed by atoms with Crippen LogP contribution in [0.25, 0.3) is 17.2 Å². The molecule has 1 aliphatic heterocycles. The molecule has 30 heavy (non-hydrogen) atoms. The van der Waals surface area contributed by atoms with Crippen LogP contribution in [0, 0.1) is 5.82 Å². The quantitative estimate of drug-likeness (QED) is 0.310. The fourth-order valence-electron chi connectivity index (χ4n) is 3.30. The Bertz CT molecular complexity index is 940. The van der Waals surface area contributed by atoms with Gasteiger partial charge in [-0.2, -0.15) is 0 Å². The molecule has 2 aromatic carbocycles. The molecular weight excluding hydrogens is 393 g/mol. The average Bonchev–Trinajstić information content (AvgIpc) is 2.89. The summed E-state index contributed by atoms with van der Waals surface area (Å²) in [4.78, 5) is 2.97. The summed E-state index contributed by atoms with van der Waals surface area (Å²) in [5.41, 5.74) is 8.32. The molecule has 1 saturated heterocycles. The first-order chi connectivity index (χ1) is 14.1. The number of rotatable bonds is 4. The molecule has 158 valence electrons. The monoisotopic (exact) mass is 423 g/mol. The average molecular weight is 424 g/mol.